The fraction of sp³-hybridized carbons (Fsp3) is 0.364. The Morgan fingerprint density at radius 1 is 1.12 bits per heavy atom. The Balaban J connectivity index is 3.31. The van der Waals surface area contributed by atoms with Crippen molar-refractivity contribution >= 4 is 17.7 Å². The third-order valence-electron chi connectivity index (χ3n) is 2.11. The predicted octanol–water partition coefficient (Wildman–Crippen LogP) is 2.21. The number of rotatable bonds is 4. The number of benzene rings is 1. The van der Waals surface area contributed by atoms with Gasteiger partial charge in [-0.2, -0.15) is 0 Å². The summed E-state index contributed by atoms with van der Waals surface area (Å²) in [6.45, 7) is 0. The Kier molecular flexibility index (Phi) is 4.49. The molecule has 0 aliphatic rings. The van der Waals surface area contributed by atoms with Crippen molar-refractivity contribution < 1.29 is 19.0 Å². The minimum atomic E-state index is -0.442. The molecule has 0 bridgehead atoms. The highest BCUT2D eigenvalue weighted by Crippen LogP contribution is 2.34. The molecule has 1 rings (SSSR count). The molecule has 0 N–H and O–H groups in total. The average Bonchev–Trinajstić information content (AvgIpc) is 2.35. The van der Waals surface area contributed by atoms with E-state index in [0.717, 1.165) is 4.90 Å². The summed E-state index contributed by atoms with van der Waals surface area (Å²) in [5.74, 6) is 0.675. The molecular formula is C11H14O4S. The van der Waals surface area contributed by atoms with Gasteiger partial charge in [-0.25, -0.2) is 4.79 Å². The van der Waals surface area contributed by atoms with Crippen molar-refractivity contribution in [1.29, 1.82) is 0 Å². The maximum Gasteiger partial charge on any atom is 0.341 e. The van der Waals surface area contributed by atoms with Crippen molar-refractivity contribution in [1.82, 2.24) is 0 Å². The minimum absolute atomic E-state index is 0.361. The first kappa shape index (κ1) is 12.7. The fourth-order valence-electron chi connectivity index (χ4n) is 1.30. The van der Waals surface area contributed by atoms with Gasteiger partial charge in [-0.3, -0.25) is 0 Å². The first-order valence-corrected chi connectivity index (χ1v) is 5.78. The second-order valence-corrected chi connectivity index (χ2v) is 3.75. The highest BCUT2D eigenvalue weighted by molar-refractivity contribution is 7.98. The van der Waals surface area contributed by atoms with Crippen LogP contribution in [-0.2, 0) is 4.74 Å². The number of ether oxygens (including phenoxy) is 3. The van der Waals surface area contributed by atoms with Gasteiger partial charge >= 0.3 is 5.97 Å². The van der Waals surface area contributed by atoms with E-state index >= 15 is 0 Å². The number of methoxy groups -OCH3 is 3. The molecule has 4 nitrogen and oxygen atoms in total. The van der Waals surface area contributed by atoms with Crippen LogP contribution in [0.25, 0.3) is 0 Å². The lowest BCUT2D eigenvalue weighted by molar-refractivity contribution is 0.0596. The Morgan fingerprint density at radius 3 is 2.19 bits per heavy atom. The molecule has 0 saturated heterocycles. The molecule has 88 valence electrons. The van der Waals surface area contributed by atoms with Gasteiger partial charge in [0.2, 0.25) is 0 Å². The van der Waals surface area contributed by atoms with Gasteiger partial charge in [0.15, 0.2) is 0 Å². The summed E-state index contributed by atoms with van der Waals surface area (Å²) in [6, 6.07) is 3.38. The van der Waals surface area contributed by atoms with Crippen molar-refractivity contribution in [3.05, 3.63) is 17.7 Å². The lowest BCUT2D eigenvalue weighted by Gasteiger charge is -2.12. The summed E-state index contributed by atoms with van der Waals surface area (Å²) in [7, 11) is 4.40. The summed E-state index contributed by atoms with van der Waals surface area (Å²) in [6.07, 6.45) is 1.93. The first-order valence-electron chi connectivity index (χ1n) is 4.56. The summed E-state index contributed by atoms with van der Waals surface area (Å²) in [5, 5.41) is 0. The Morgan fingerprint density at radius 2 is 1.75 bits per heavy atom. The summed E-state index contributed by atoms with van der Waals surface area (Å²) < 4.78 is 15.0. The maximum absolute atomic E-state index is 11.5. The number of esters is 1. The van der Waals surface area contributed by atoms with Crippen LogP contribution in [-0.4, -0.2) is 33.6 Å². The van der Waals surface area contributed by atoms with Gasteiger partial charge in [-0.05, 0) is 18.4 Å². The van der Waals surface area contributed by atoms with Crippen LogP contribution in [0.3, 0.4) is 0 Å². The smallest absolute Gasteiger partial charge is 0.341 e. The first-order chi connectivity index (χ1) is 7.67. The van der Waals surface area contributed by atoms with Crippen molar-refractivity contribution in [2.45, 2.75) is 4.90 Å². The van der Waals surface area contributed by atoms with Gasteiger partial charge in [0, 0.05) is 0 Å². The SMILES string of the molecule is COC(=O)c1cc(OC)c(SC)cc1OC. The zero-order valence-electron chi connectivity index (χ0n) is 9.70. The zero-order valence-corrected chi connectivity index (χ0v) is 10.5. The third kappa shape index (κ3) is 2.41. The highest BCUT2D eigenvalue weighted by atomic mass is 32.2. The molecule has 0 atom stereocenters. The summed E-state index contributed by atoms with van der Waals surface area (Å²) in [4.78, 5) is 12.4. The van der Waals surface area contributed by atoms with Crippen molar-refractivity contribution in [2.75, 3.05) is 27.6 Å². The summed E-state index contributed by atoms with van der Waals surface area (Å²) in [5.41, 5.74) is 0.361. The fourth-order valence-corrected chi connectivity index (χ4v) is 1.87. The Labute approximate surface area is 98.9 Å². The van der Waals surface area contributed by atoms with Gasteiger partial charge in [-0.15, -0.1) is 11.8 Å². The molecule has 1 aromatic carbocycles. The molecule has 5 heteroatoms. The molecule has 0 fully saturated rings. The molecular weight excluding hydrogens is 228 g/mol. The lowest BCUT2D eigenvalue weighted by Crippen LogP contribution is -2.05. The topological polar surface area (TPSA) is 44.8 Å². The second-order valence-electron chi connectivity index (χ2n) is 2.90. The lowest BCUT2D eigenvalue weighted by atomic mass is 10.2. The van der Waals surface area contributed by atoms with Gasteiger partial charge in [0.25, 0.3) is 0 Å². The molecule has 0 saturated carbocycles. The number of hydrogen-bond donors (Lipinski definition) is 0. The van der Waals surface area contributed by atoms with E-state index < -0.39 is 5.97 Å². The molecule has 0 heterocycles. The number of thioether (sulfide) groups is 1. The van der Waals surface area contributed by atoms with Crippen LogP contribution in [0.5, 0.6) is 11.5 Å². The van der Waals surface area contributed by atoms with E-state index in [-0.39, 0.29) is 0 Å². The molecule has 0 aliphatic carbocycles. The molecule has 0 unspecified atom stereocenters. The molecule has 16 heavy (non-hydrogen) atoms. The highest BCUT2D eigenvalue weighted by Gasteiger charge is 2.16. The van der Waals surface area contributed by atoms with E-state index in [2.05, 4.69) is 4.74 Å². The van der Waals surface area contributed by atoms with Crippen LogP contribution in [0.15, 0.2) is 17.0 Å². The van der Waals surface area contributed by atoms with E-state index in [0.29, 0.717) is 17.1 Å². The van der Waals surface area contributed by atoms with E-state index in [1.807, 2.05) is 6.26 Å². The number of carbonyl (C=O) groups is 1. The van der Waals surface area contributed by atoms with Crippen molar-refractivity contribution in [2.24, 2.45) is 0 Å². The van der Waals surface area contributed by atoms with Crippen molar-refractivity contribution in [3.63, 3.8) is 0 Å². The zero-order chi connectivity index (χ0) is 12.1. The molecule has 0 aromatic heterocycles. The number of hydrogen-bond acceptors (Lipinski definition) is 5. The van der Waals surface area contributed by atoms with Gasteiger partial charge in [0.1, 0.15) is 17.1 Å². The number of carbonyl (C=O) groups excluding carboxylic acids is 1. The minimum Gasteiger partial charge on any atom is -0.496 e. The van der Waals surface area contributed by atoms with Crippen LogP contribution in [0.4, 0.5) is 0 Å². The maximum atomic E-state index is 11.5. The largest absolute Gasteiger partial charge is 0.496 e. The quantitative estimate of drug-likeness (QED) is 0.598. The van der Waals surface area contributed by atoms with Gasteiger partial charge < -0.3 is 14.2 Å². The average molecular weight is 242 g/mol. The van der Waals surface area contributed by atoms with E-state index in [9.17, 15) is 4.79 Å². The predicted molar refractivity (Wildman–Crippen MR) is 62.7 cm³/mol. The standard InChI is InChI=1S/C11H14O4S/c1-13-8-6-10(16-4)9(14-2)5-7(8)11(12)15-3/h5-6H,1-4H3. The molecule has 1 aromatic rings. The van der Waals surface area contributed by atoms with E-state index in [1.54, 1.807) is 19.2 Å². The monoisotopic (exact) mass is 242 g/mol. The second kappa shape index (κ2) is 5.65. The Hall–Kier alpha value is -1.36. The van der Waals surface area contributed by atoms with E-state index in [1.165, 1.54) is 26.0 Å². The van der Waals surface area contributed by atoms with E-state index in [4.69, 9.17) is 9.47 Å². The van der Waals surface area contributed by atoms with Crippen LogP contribution < -0.4 is 9.47 Å². The third-order valence-corrected chi connectivity index (χ3v) is 2.87. The molecule has 0 amide bonds. The normalized spacial score (nSPS) is 9.75. The van der Waals surface area contributed by atoms with Crippen LogP contribution in [0, 0.1) is 0 Å². The van der Waals surface area contributed by atoms with Crippen molar-refractivity contribution in [3.8, 4) is 11.5 Å². The van der Waals surface area contributed by atoms with Crippen LogP contribution in [0.2, 0.25) is 0 Å². The van der Waals surface area contributed by atoms with Crippen LogP contribution in [0.1, 0.15) is 10.4 Å². The van der Waals surface area contributed by atoms with Crippen LogP contribution >= 0.6 is 11.8 Å². The summed E-state index contributed by atoms with van der Waals surface area (Å²) >= 11 is 1.52. The molecule has 0 radical (unpaired) electrons. The molecule has 0 spiro atoms. The van der Waals surface area contributed by atoms with Gasteiger partial charge in [0.05, 0.1) is 26.2 Å². The molecule has 0 aliphatic heterocycles. The van der Waals surface area contributed by atoms with Gasteiger partial charge in [-0.1, -0.05) is 0 Å². The Bertz CT molecular complexity index is 390.